The molecule has 0 saturated carbocycles. The number of aromatic nitrogens is 3. The van der Waals surface area contributed by atoms with Crippen molar-refractivity contribution in [1.29, 1.82) is 0 Å². The molecule has 0 spiro atoms. The molecule has 8 heteroatoms. The van der Waals surface area contributed by atoms with Crippen molar-refractivity contribution in [3.05, 3.63) is 82.0 Å². The lowest BCUT2D eigenvalue weighted by atomic mass is 10.2. The lowest BCUT2D eigenvalue weighted by Gasteiger charge is -2.13. The summed E-state index contributed by atoms with van der Waals surface area (Å²) in [5.74, 6) is 0.913. The first-order valence-electron chi connectivity index (χ1n) is 9.34. The van der Waals surface area contributed by atoms with Gasteiger partial charge in [0.25, 0.3) is 0 Å². The quantitative estimate of drug-likeness (QED) is 0.368. The van der Waals surface area contributed by atoms with Gasteiger partial charge < -0.3 is 5.32 Å². The molecule has 1 amide bonds. The van der Waals surface area contributed by atoms with E-state index in [0.29, 0.717) is 16.0 Å². The first kappa shape index (κ1) is 20.7. The van der Waals surface area contributed by atoms with Crippen molar-refractivity contribution in [2.45, 2.75) is 18.1 Å². The monoisotopic (exact) mass is 454 g/mol. The molecule has 0 aliphatic rings. The van der Waals surface area contributed by atoms with Gasteiger partial charge in [-0.2, -0.15) is 0 Å². The number of amides is 1. The maximum Gasteiger partial charge on any atom is 0.230 e. The van der Waals surface area contributed by atoms with Gasteiger partial charge in [-0.1, -0.05) is 59.8 Å². The number of carbonyl (C=O) groups excluding carboxylic acids is 1. The van der Waals surface area contributed by atoms with Gasteiger partial charge in [0.15, 0.2) is 11.0 Å². The first-order chi connectivity index (χ1) is 14.6. The van der Waals surface area contributed by atoms with E-state index in [1.807, 2.05) is 83.6 Å². The lowest BCUT2D eigenvalue weighted by Crippen LogP contribution is -2.27. The van der Waals surface area contributed by atoms with E-state index < -0.39 is 0 Å². The number of benzene rings is 2. The van der Waals surface area contributed by atoms with Crippen LogP contribution in [0.15, 0.2) is 77.3 Å². The number of carbonyl (C=O) groups is 1. The molecule has 1 unspecified atom stereocenters. The predicted octanol–water partition coefficient (Wildman–Crippen LogP) is 5.62. The number of thioether (sulfide) groups is 1. The van der Waals surface area contributed by atoms with Crippen molar-refractivity contribution in [2.24, 2.45) is 0 Å². The Hall–Kier alpha value is -2.61. The first-order valence-corrected chi connectivity index (χ1v) is 11.6. The van der Waals surface area contributed by atoms with Crippen molar-refractivity contribution in [3.63, 3.8) is 0 Å². The van der Waals surface area contributed by atoms with E-state index in [2.05, 4.69) is 15.5 Å². The average molecular weight is 455 g/mol. The number of nitrogens with zero attached hydrogens (tertiary/aromatic N) is 3. The fraction of sp³-hybridized carbons (Fsp3) is 0.136. The number of hydrogen-bond donors (Lipinski definition) is 1. The van der Waals surface area contributed by atoms with E-state index in [1.165, 1.54) is 11.8 Å². The summed E-state index contributed by atoms with van der Waals surface area (Å²) >= 11 is 9.05. The summed E-state index contributed by atoms with van der Waals surface area (Å²) < 4.78 is 1.95. The topological polar surface area (TPSA) is 59.8 Å². The van der Waals surface area contributed by atoms with Gasteiger partial charge >= 0.3 is 0 Å². The second-order valence-electron chi connectivity index (χ2n) is 6.58. The van der Waals surface area contributed by atoms with E-state index in [9.17, 15) is 4.79 Å². The van der Waals surface area contributed by atoms with Gasteiger partial charge in [0.2, 0.25) is 5.91 Å². The third kappa shape index (κ3) is 4.75. The van der Waals surface area contributed by atoms with Crippen LogP contribution < -0.4 is 5.32 Å². The zero-order valence-corrected chi connectivity index (χ0v) is 18.5. The van der Waals surface area contributed by atoms with E-state index in [-0.39, 0.29) is 17.7 Å². The van der Waals surface area contributed by atoms with Crippen LogP contribution in [-0.4, -0.2) is 26.4 Å². The van der Waals surface area contributed by atoms with Crippen LogP contribution in [0.2, 0.25) is 5.02 Å². The lowest BCUT2D eigenvalue weighted by molar-refractivity contribution is -0.119. The van der Waals surface area contributed by atoms with Crippen LogP contribution in [0.25, 0.3) is 17.1 Å². The smallest absolute Gasteiger partial charge is 0.230 e. The fourth-order valence-corrected chi connectivity index (χ4v) is 4.61. The summed E-state index contributed by atoms with van der Waals surface area (Å²) in [5.41, 5.74) is 1.83. The Labute approximate surface area is 188 Å². The molecule has 0 aliphatic heterocycles. The molecule has 0 saturated heterocycles. The van der Waals surface area contributed by atoms with Gasteiger partial charge in [-0.05, 0) is 42.6 Å². The van der Waals surface area contributed by atoms with Crippen molar-refractivity contribution in [3.8, 4) is 17.1 Å². The highest BCUT2D eigenvalue weighted by atomic mass is 35.5. The maximum absolute atomic E-state index is 12.5. The molecule has 0 bridgehead atoms. The van der Waals surface area contributed by atoms with E-state index in [0.717, 1.165) is 16.1 Å². The number of hydrogen-bond acceptors (Lipinski definition) is 5. The molecular formula is C22H19ClN4OS2. The van der Waals surface area contributed by atoms with Gasteiger partial charge in [0.1, 0.15) is 0 Å². The maximum atomic E-state index is 12.5. The number of thiophene rings is 1. The van der Waals surface area contributed by atoms with Crippen LogP contribution >= 0.6 is 34.7 Å². The van der Waals surface area contributed by atoms with Crippen LogP contribution in [0.5, 0.6) is 0 Å². The molecule has 0 aliphatic carbocycles. The molecule has 2 heterocycles. The largest absolute Gasteiger partial charge is 0.348 e. The Kier molecular flexibility index (Phi) is 6.52. The minimum Gasteiger partial charge on any atom is -0.348 e. The summed E-state index contributed by atoms with van der Waals surface area (Å²) in [4.78, 5) is 13.6. The van der Waals surface area contributed by atoms with Crippen molar-refractivity contribution in [1.82, 2.24) is 20.1 Å². The molecule has 0 radical (unpaired) electrons. The van der Waals surface area contributed by atoms with Crippen LogP contribution in [0.1, 0.15) is 17.8 Å². The molecule has 30 heavy (non-hydrogen) atoms. The number of rotatable bonds is 7. The van der Waals surface area contributed by atoms with Gasteiger partial charge in [-0.3, -0.25) is 9.36 Å². The third-order valence-electron chi connectivity index (χ3n) is 4.43. The van der Waals surface area contributed by atoms with Gasteiger partial charge in [0, 0.05) is 21.2 Å². The highest BCUT2D eigenvalue weighted by Crippen LogP contribution is 2.28. The molecule has 0 fully saturated rings. The van der Waals surface area contributed by atoms with Crippen LogP contribution in [-0.2, 0) is 4.79 Å². The van der Waals surface area contributed by atoms with Gasteiger partial charge in [0.05, 0.1) is 11.8 Å². The second kappa shape index (κ2) is 9.47. The molecule has 5 nitrogen and oxygen atoms in total. The molecule has 1 N–H and O–H groups in total. The second-order valence-corrected chi connectivity index (χ2v) is 8.94. The molecule has 2 aromatic heterocycles. The molecule has 2 aromatic carbocycles. The van der Waals surface area contributed by atoms with E-state index >= 15 is 0 Å². The number of halogens is 1. The van der Waals surface area contributed by atoms with Crippen LogP contribution in [0, 0.1) is 0 Å². The average Bonchev–Trinajstić information content (AvgIpc) is 3.44. The normalized spacial score (nSPS) is 11.9. The van der Waals surface area contributed by atoms with E-state index in [1.54, 1.807) is 11.3 Å². The molecule has 4 rings (SSSR count). The minimum absolute atomic E-state index is 0.0212. The van der Waals surface area contributed by atoms with Crippen molar-refractivity contribution < 1.29 is 4.79 Å². The Bertz CT molecular complexity index is 1110. The Balaban J connectivity index is 1.56. The molecule has 152 valence electrons. The Morgan fingerprint density at radius 3 is 2.57 bits per heavy atom. The fourth-order valence-electron chi connectivity index (χ4n) is 2.98. The minimum atomic E-state index is -0.0483. The standard InChI is InChI=1S/C22H19ClN4OS2/c1-15(19-8-5-13-29-19)24-20(28)14-30-22-26-25-21(16-6-3-2-4-7-16)27(22)18-11-9-17(23)10-12-18/h2-13,15H,14H2,1H3,(H,24,28). The summed E-state index contributed by atoms with van der Waals surface area (Å²) in [5, 5.41) is 15.1. The third-order valence-corrected chi connectivity index (χ3v) is 6.67. The predicted molar refractivity (Wildman–Crippen MR) is 123 cm³/mol. The Morgan fingerprint density at radius 1 is 1.10 bits per heavy atom. The van der Waals surface area contributed by atoms with Crippen molar-refractivity contribution in [2.75, 3.05) is 5.75 Å². The summed E-state index contributed by atoms with van der Waals surface area (Å²) in [6, 6.07) is 21.3. The van der Waals surface area contributed by atoms with Crippen molar-refractivity contribution >= 4 is 40.6 Å². The molecule has 4 aromatic rings. The zero-order valence-electron chi connectivity index (χ0n) is 16.2. The summed E-state index contributed by atoms with van der Waals surface area (Å²) in [6.07, 6.45) is 0. The summed E-state index contributed by atoms with van der Waals surface area (Å²) in [7, 11) is 0. The van der Waals surface area contributed by atoms with E-state index in [4.69, 9.17) is 11.6 Å². The van der Waals surface area contributed by atoms with Crippen LogP contribution in [0.3, 0.4) is 0 Å². The van der Waals surface area contributed by atoms with Gasteiger partial charge in [-0.25, -0.2) is 0 Å². The van der Waals surface area contributed by atoms with Gasteiger partial charge in [-0.15, -0.1) is 21.5 Å². The number of nitrogens with one attached hydrogen (secondary N) is 1. The molecular weight excluding hydrogens is 436 g/mol. The molecule has 1 atom stereocenters. The summed E-state index contributed by atoms with van der Waals surface area (Å²) in [6.45, 7) is 1.98. The zero-order chi connectivity index (χ0) is 20.9. The Morgan fingerprint density at radius 2 is 1.87 bits per heavy atom. The van der Waals surface area contributed by atoms with Crippen LogP contribution in [0.4, 0.5) is 0 Å². The highest BCUT2D eigenvalue weighted by Gasteiger charge is 2.18. The highest BCUT2D eigenvalue weighted by molar-refractivity contribution is 7.99. The SMILES string of the molecule is CC(NC(=O)CSc1nnc(-c2ccccc2)n1-c1ccc(Cl)cc1)c1cccs1.